The Balaban J connectivity index is 0.000000283. The molecule has 3 aromatic carbocycles. The minimum Gasteiger partial charge on any atom is -0.999 e. The molecular weight excluding hydrogens is 292 g/mol. The van der Waals surface area contributed by atoms with Crippen molar-refractivity contribution in [2.24, 2.45) is 0 Å². The minimum atomic E-state index is -0.890. The summed E-state index contributed by atoms with van der Waals surface area (Å²) in [4.78, 5) is 10.7. The van der Waals surface area contributed by atoms with Gasteiger partial charge in [-0.2, -0.15) is 12.1 Å². The molecule has 0 aliphatic carbocycles. The number of hydrogen-bond donors (Lipinski definition) is 1. The predicted molar refractivity (Wildman–Crippen MR) is 71.8 cm³/mol. The zero-order valence-corrected chi connectivity index (χ0v) is 11.5. The van der Waals surface area contributed by atoms with Crippen LogP contribution in [-0.4, -0.2) is 11.1 Å². The minimum absolute atomic E-state index is 0. The van der Waals surface area contributed by atoms with Crippen molar-refractivity contribution < 1.29 is 27.0 Å². The predicted octanol–water partition coefficient (Wildman–Crippen LogP) is 3.37. The van der Waals surface area contributed by atoms with Crippen molar-refractivity contribution in [3.8, 4) is 11.1 Å². The SMILES string of the molecule is O=C(O)c1cccc(-[c-]2cccc2)c1.[Fe].[c-]1[c-][c-][cH-][c-]1. The third-order valence-corrected chi connectivity index (χ3v) is 2.46. The molecular formula is C17H10FeO2-6. The molecule has 0 unspecified atom stereocenters. The van der Waals surface area contributed by atoms with Gasteiger partial charge in [-0.25, -0.2) is 4.79 Å². The fourth-order valence-electron chi connectivity index (χ4n) is 1.58. The van der Waals surface area contributed by atoms with Gasteiger partial charge in [-0.3, -0.25) is 0 Å². The Hall–Kier alpha value is -2.09. The van der Waals surface area contributed by atoms with Crippen molar-refractivity contribution in [1.29, 1.82) is 0 Å². The number of aromatic carboxylic acids is 1. The Bertz CT molecular complexity index is 593. The van der Waals surface area contributed by atoms with E-state index < -0.39 is 5.97 Å². The Morgan fingerprint density at radius 1 is 1.10 bits per heavy atom. The quantitative estimate of drug-likeness (QED) is 0.582. The second-order valence-electron chi connectivity index (χ2n) is 3.74. The summed E-state index contributed by atoms with van der Waals surface area (Å²) in [5.41, 5.74) is 2.31. The van der Waals surface area contributed by atoms with Gasteiger partial charge >= 0.3 is 5.97 Å². The summed E-state index contributed by atoms with van der Waals surface area (Å²) in [5.74, 6) is -0.890. The molecule has 3 aromatic rings. The Labute approximate surface area is 128 Å². The van der Waals surface area contributed by atoms with Crippen molar-refractivity contribution in [2.75, 3.05) is 0 Å². The number of carboxylic acid groups (broad SMARTS) is 1. The molecule has 0 aliphatic rings. The van der Waals surface area contributed by atoms with Gasteiger partial charge in [-0.1, -0.05) is 17.7 Å². The molecule has 104 valence electrons. The summed E-state index contributed by atoms with van der Waals surface area (Å²) in [6, 6.07) is 26.7. The first-order valence-corrected chi connectivity index (χ1v) is 5.65. The van der Waals surface area contributed by atoms with Gasteiger partial charge in [0.25, 0.3) is 0 Å². The van der Waals surface area contributed by atoms with Gasteiger partial charge < -0.3 is 35.4 Å². The summed E-state index contributed by atoms with van der Waals surface area (Å²) < 4.78 is 0. The molecule has 3 heteroatoms. The molecule has 3 rings (SSSR count). The molecule has 1 N–H and O–H groups in total. The van der Waals surface area contributed by atoms with E-state index in [0.29, 0.717) is 5.56 Å². The first-order valence-electron chi connectivity index (χ1n) is 5.65. The Morgan fingerprint density at radius 2 is 1.75 bits per heavy atom. The number of carboxylic acids is 1. The topological polar surface area (TPSA) is 37.3 Å². The molecule has 0 amide bonds. The molecule has 0 aromatic heterocycles. The van der Waals surface area contributed by atoms with Gasteiger partial charge in [0.2, 0.25) is 0 Å². The van der Waals surface area contributed by atoms with Crippen molar-refractivity contribution in [3.63, 3.8) is 0 Å². The van der Waals surface area contributed by atoms with Crippen LogP contribution in [0.4, 0.5) is 0 Å². The third-order valence-electron chi connectivity index (χ3n) is 2.46. The fourth-order valence-corrected chi connectivity index (χ4v) is 1.58. The Morgan fingerprint density at radius 3 is 2.25 bits per heavy atom. The van der Waals surface area contributed by atoms with Crippen LogP contribution in [0.3, 0.4) is 0 Å². The standard InChI is InChI=1S/C12H9O2.C5H.Fe/c13-12(14)11-7-3-6-10(8-11)9-4-1-2-5-9;1-2-4-5-3-1;/h1-8H,(H,13,14);1H;/q-1;-5;. The normalized spacial score (nSPS) is 9.00. The Kier molecular flexibility index (Phi) is 6.51. The first kappa shape index (κ1) is 16.0. The molecule has 0 aliphatic heterocycles. The van der Waals surface area contributed by atoms with Gasteiger partial charge in [-0.15, -0.1) is 29.8 Å². The fraction of sp³-hybridized carbons (Fsp3) is 0. The smallest absolute Gasteiger partial charge is 0.328 e. The van der Waals surface area contributed by atoms with Crippen LogP contribution in [0.15, 0.2) is 54.6 Å². The molecule has 0 radical (unpaired) electrons. The zero-order chi connectivity index (χ0) is 13.5. The maximum atomic E-state index is 10.7. The molecule has 20 heavy (non-hydrogen) atoms. The summed E-state index contributed by atoms with van der Waals surface area (Å²) >= 11 is 0. The number of benzene rings is 1. The van der Waals surface area contributed by atoms with Gasteiger partial charge in [0, 0.05) is 22.6 Å². The van der Waals surface area contributed by atoms with Gasteiger partial charge in [-0.05, 0) is 0 Å². The van der Waals surface area contributed by atoms with E-state index in [2.05, 4.69) is 24.3 Å². The molecule has 2 nitrogen and oxygen atoms in total. The number of hydrogen-bond acceptors (Lipinski definition) is 1. The van der Waals surface area contributed by atoms with E-state index in [0.717, 1.165) is 11.1 Å². The van der Waals surface area contributed by atoms with Crippen molar-refractivity contribution in [1.82, 2.24) is 0 Å². The van der Waals surface area contributed by atoms with Crippen LogP contribution >= 0.6 is 0 Å². The second kappa shape index (κ2) is 8.15. The van der Waals surface area contributed by atoms with E-state index >= 15 is 0 Å². The number of carbonyl (C=O) groups is 1. The van der Waals surface area contributed by atoms with Crippen LogP contribution in [0, 0.1) is 24.3 Å². The van der Waals surface area contributed by atoms with Crippen LogP contribution in [0.25, 0.3) is 11.1 Å². The maximum Gasteiger partial charge on any atom is 0.328 e. The molecule has 0 heterocycles. The zero-order valence-electron chi connectivity index (χ0n) is 10.4. The summed E-state index contributed by atoms with van der Waals surface area (Å²) in [6.45, 7) is 0. The van der Waals surface area contributed by atoms with Crippen LogP contribution in [0.1, 0.15) is 10.4 Å². The van der Waals surface area contributed by atoms with E-state index in [1.165, 1.54) is 0 Å². The van der Waals surface area contributed by atoms with Crippen molar-refractivity contribution in [2.45, 2.75) is 0 Å². The van der Waals surface area contributed by atoms with Crippen LogP contribution in [0.2, 0.25) is 0 Å². The molecule has 0 spiro atoms. The maximum absolute atomic E-state index is 10.7. The summed E-state index contributed by atoms with van der Waals surface area (Å²) in [5, 5.41) is 8.81. The van der Waals surface area contributed by atoms with Crippen LogP contribution < -0.4 is 0 Å². The average Bonchev–Trinajstić information content (AvgIpc) is 3.15. The van der Waals surface area contributed by atoms with Gasteiger partial charge in [0.1, 0.15) is 0 Å². The van der Waals surface area contributed by atoms with Crippen LogP contribution in [-0.2, 0) is 17.1 Å². The van der Waals surface area contributed by atoms with E-state index in [4.69, 9.17) is 5.11 Å². The van der Waals surface area contributed by atoms with E-state index in [1.807, 2.05) is 30.3 Å². The molecule has 0 fully saturated rings. The molecule has 0 atom stereocenters. The third kappa shape index (κ3) is 4.54. The summed E-state index contributed by atoms with van der Waals surface area (Å²) in [7, 11) is 0. The van der Waals surface area contributed by atoms with E-state index in [1.54, 1.807) is 24.3 Å². The number of rotatable bonds is 2. The monoisotopic (exact) mass is 302 g/mol. The summed E-state index contributed by atoms with van der Waals surface area (Å²) in [6.07, 6.45) is 0. The van der Waals surface area contributed by atoms with Crippen LogP contribution in [0.5, 0.6) is 0 Å². The largest absolute Gasteiger partial charge is 0.999 e. The van der Waals surface area contributed by atoms with E-state index in [-0.39, 0.29) is 17.1 Å². The van der Waals surface area contributed by atoms with Gasteiger partial charge in [0.05, 0.1) is 0 Å². The van der Waals surface area contributed by atoms with Crippen molar-refractivity contribution in [3.05, 3.63) is 84.4 Å². The van der Waals surface area contributed by atoms with Gasteiger partial charge in [0.15, 0.2) is 0 Å². The second-order valence-corrected chi connectivity index (χ2v) is 3.74. The molecule has 0 bridgehead atoms. The average molecular weight is 302 g/mol. The molecule has 0 saturated heterocycles. The van der Waals surface area contributed by atoms with E-state index in [9.17, 15) is 4.79 Å². The first-order chi connectivity index (χ1) is 9.27. The van der Waals surface area contributed by atoms with Crippen molar-refractivity contribution >= 4 is 5.97 Å². The molecule has 0 saturated carbocycles.